The van der Waals surface area contributed by atoms with Crippen molar-refractivity contribution in [3.63, 3.8) is 0 Å². The normalized spacial score (nSPS) is 14.4. The summed E-state index contributed by atoms with van der Waals surface area (Å²) in [6.45, 7) is -0.147. The highest BCUT2D eigenvalue weighted by Crippen LogP contribution is 2.37. The van der Waals surface area contributed by atoms with E-state index in [1.54, 1.807) is 6.07 Å². The van der Waals surface area contributed by atoms with Crippen LogP contribution in [0.25, 0.3) is 0 Å². The number of methoxy groups -OCH3 is 1. The Labute approximate surface area is 150 Å². The van der Waals surface area contributed by atoms with E-state index in [2.05, 4.69) is 0 Å². The molecule has 0 radical (unpaired) electrons. The number of nitro benzene ring substituents is 1. The van der Waals surface area contributed by atoms with Gasteiger partial charge in [-0.25, -0.2) is 12.8 Å². The molecule has 2 aromatic rings. The van der Waals surface area contributed by atoms with Gasteiger partial charge < -0.3 is 4.74 Å². The summed E-state index contributed by atoms with van der Waals surface area (Å²) in [4.78, 5) is 10.1. The largest absolute Gasteiger partial charge is 0.495 e. The molecule has 1 aliphatic rings. The zero-order valence-electron chi connectivity index (χ0n) is 14.0. The molecule has 1 saturated carbocycles. The molecule has 26 heavy (non-hydrogen) atoms. The molecule has 0 aromatic heterocycles. The smallest absolute Gasteiger partial charge is 0.271 e. The van der Waals surface area contributed by atoms with E-state index < -0.39 is 20.8 Å². The Bertz CT molecular complexity index is 944. The first-order valence-electron chi connectivity index (χ1n) is 7.92. The molecule has 0 heterocycles. The van der Waals surface area contributed by atoms with Gasteiger partial charge in [0, 0.05) is 30.3 Å². The van der Waals surface area contributed by atoms with Crippen molar-refractivity contribution in [3.8, 4) is 5.75 Å². The predicted molar refractivity (Wildman–Crippen MR) is 91.8 cm³/mol. The molecule has 2 aromatic carbocycles. The molecule has 138 valence electrons. The van der Waals surface area contributed by atoms with Gasteiger partial charge in [0.2, 0.25) is 10.0 Å². The Kier molecular flexibility index (Phi) is 4.92. The second-order valence-electron chi connectivity index (χ2n) is 5.97. The van der Waals surface area contributed by atoms with Gasteiger partial charge in [-0.15, -0.1) is 0 Å². The molecule has 0 N–H and O–H groups in total. The maximum Gasteiger partial charge on any atom is 0.271 e. The van der Waals surface area contributed by atoms with Crippen LogP contribution in [-0.2, 0) is 16.6 Å². The molecular weight excluding hydrogens is 363 g/mol. The summed E-state index contributed by atoms with van der Waals surface area (Å²) >= 11 is 0. The van der Waals surface area contributed by atoms with Gasteiger partial charge in [-0.3, -0.25) is 10.1 Å². The van der Waals surface area contributed by atoms with Crippen LogP contribution in [-0.4, -0.2) is 30.8 Å². The molecule has 0 spiro atoms. The lowest BCUT2D eigenvalue weighted by Crippen LogP contribution is -2.33. The molecular formula is C17H17FN2O5S. The van der Waals surface area contributed by atoms with Gasteiger partial charge in [0.15, 0.2) is 0 Å². The zero-order chi connectivity index (χ0) is 18.9. The van der Waals surface area contributed by atoms with Crippen molar-refractivity contribution in [2.24, 2.45) is 0 Å². The second-order valence-corrected chi connectivity index (χ2v) is 7.82. The topological polar surface area (TPSA) is 89.7 Å². The molecule has 7 nitrogen and oxygen atoms in total. The molecule has 0 amide bonds. The molecule has 0 atom stereocenters. The summed E-state index contributed by atoms with van der Waals surface area (Å²) in [5.74, 6) is -0.492. The number of benzene rings is 2. The summed E-state index contributed by atoms with van der Waals surface area (Å²) in [7, 11) is -2.82. The van der Waals surface area contributed by atoms with Crippen LogP contribution in [0, 0.1) is 15.9 Å². The van der Waals surface area contributed by atoms with Gasteiger partial charge in [0.05, 0.1) is 12.0 Å². The van der Waals surface area contributed by atoms with E-state index in [-0.39, 0.29) is 34.5 Å². The lowest BCUT2D eigenvalue weighted by molar-refractivity contribution is -0.385. The monoisotopic (exact) mass is 380 g/mol. The van der Waals surface area contributed by atoms with Crippen molar-refractivity contribution in [1.29, 1.82) is 0 Å². The maximum atomic E-state index is 14.0. The van der Waals surface area contributed by atoms with Gasteiger partial charge in [0.1, 0.15) is 16.5 Å². The van der Waals surface area contributed by atoms with Crippen molar-refractivity contribution in [3.05, 3.63) is 64.0 Å². The SMILES string of the molecule is COc1ccc([N+](=O)[O-])cc1S(=O)(=O)N(Cc1ccccc1F)C1CC1. The average molecular weight is 380 g/mol. The van der Waals surface area contributed by atoms with Crippen LogP contribution in [0.3, 0.4) is 0 Å². The standard InChI is InChI=1S/C17H17FN2O5S/c1-25-16-9-8-14(20(21)22)10-17(16)26(23,24)19(13-6-7-13)11-12-4-2-3-5-15(12)18/h2-5,8-10,13H,6-7,11H2,1H3. The average Bonchev–Trinajstić information content (AvgIpc) is 3.45. The molecule has 1 fully saturated rings. The summed E-state index contributed by atoms with van der Waals surface area (Å²) in [5, 5.41) is 11.0. The molecule has 9 heteroatoms. The van der Waals surface area contributed by atoms with Gasteiger partial charge in [0.25, 0.3) is 5.69 Å². The van der Waals surface area contributed by atoms with Crippen LogP contribution >= 0.6 is 0 Å². The minimum absolute atomic E-state index is 0.00906. The fourth-order valence-electron chi connectivity index (χ4n) is 2.67. The van der Waals surface area contributed by atoms with Crippen molar-refractivity contribution < 1.29 is 22.5 Å². The maximum absolute atomic E-state index is 14.0. The quantitative estimate of drug-likeness (QED) is 0.544. The number of ether oxygens (including phenoxy) is 1. The van der Waals surface area contributed by atoms with E-state index in [4.69, 9.17) is 4.74 Å². The van der Waals surface area contributed by atoms with Crippen molar-refractivity contribution >= 4 is 15.7 Å². The molecule has 0 bridgehead atoms. The van der Waals surface area contributed by atoms with E-state index in [0.717, 1.165) is 6.07 Å². The fourth-order valence-corrected chi connectivity index (χ4v) is 4.51. The minimum atomic E-state index is -4.11. The number of halogens is 1. The third kappa shape index (κ3) is 3.54. The Hall–Kier alpha value is -2.52. The predicted octanol–water partition coefficient (Wildman–Crippen LogP) is 3.10. The first-order valence-corrected chi connectivity index (χ1v) is 9.36. The Morgan fingerprint density at radius 3 is 2.54 bits per heavy atom. The van der Waals surface area contributed by atoms with Gasteiger partial charge in [-0.2, -0.15) is 4.31 Å². The van der Waals surface area contributed by atoms with Crippen LogP contribution < -0.4 is 4.74 Å². The van der Waals surface area contributed by atoms with E-state index in [1.807, 2.05) is 0 Å². The van der Waals surface area contributed by atoms with Gasteiger partial charge in [-0.1, -0.05) is 18.2 Å². The Balaban J connectivity index is 2.05. The summed E-state index contributed by atoms with van der Waals surface area (Å²) in [6.07, 6.45) is 1.32. The second kappa shape index (κ2) is 7.00. The molecule has 0 unspecified atom stereocenters. The van der Waals surface area contributed by atoms with Crippen LogP contribution in [0.2, 0.25) is 0 Å². The molecule has 1 aliphatic carbocycles. The first kappa shape index (κ1) is 18.3. The van der Waals surface area contributed by atoms with Crippen LogP contribution in [0.1, 0.15) is 18.4 Å². The van der Waals surface area contributed by atoms with Crippen LogP contribution in [0.4, 0.5) is 10.1 Å². The summed E-state index contributed by atoms with van der Waals surface area (Å²) in [6, 6.07) is 9.08. The number of hydrogen-bond donors (Lipinski definition) is 0. The number of sulfonamides is 1. The number of nitro groups is 1. The van der Waals surface area contributed by atoms with Crippen LogP contribution in [0.15, 0.2) is 47.4 Å². The summed E-state index contributed by atoms with van der Waals surface area (Å²) in [5.41, 5.74) is -0.113. The highest BCUT2D eigenvalue weighted by Gasteiger charge is 2.40. The minimum Gasteiger partial charge on any atom is -0.495 e. The lowest BCUT2D eigenvalue weighted by atomic mass is 10.2. The number of hydrogen-bond acceptors (Lipinski definition) is 5. The Morgan fingerprint density at radius 2 is 1.96 bits per heavy atom. The summed E-state index contributed by atoms with van der Waals surface area (Å²) < 4.78 is 46.6. The van der Waals surface area contributed by atoms with E-state index >= 15 is 0 Å². The lowest BCUT2D eigenvalue weighted by Gasteiger charge is -2.23. The molecule has 0 saturated heterocycles. The van der Waals surface area contributed by atoms with Gasteiger partial charge >= 0.3 is 0 Å². The number of rotatable bonds is 7. The third-order valence-corrected chi connectivity index (χ3v) is 6.10. The van der Waals surface area contributed by atoms with Crippen LogP contribution in [0.5, 0.6) is 5.75 Å². The first-order chi connectivity index (χ1) is 12.3. The molecule has 0 aliphatic heterocycles. The number of nitrogens with zero attached hydrogens (tertiary/aromatic N) is 2. The molecule has 3 rings (SSSR count). The van der Waals surface area contributed by atoms with Gasteiger partial charge in [-0.05, 0) is 25.0 Å². The van der Waals surface area contributed by atoms with E-state index in [0.29, 0.717) is 12.8 Å². The van der Waals surface area contributed by atoms with Crippen molar-refractivity contribution in [1.82, 2.24) is 4.31 Å². The fraction of sp³-hybridized carbons (Fsp3) is 0.294. The van der Waals surface area contributed by atoms with E-state index in [9.17, 15) is 22.9 Å². The number of non-ortho nitro benzene ring substituents is 1. The van der Waals surface area contributed by atoms with Crippen molar-refractivity contribution in [2.75, 3.05) is 7.11 Å². The van der Waals surface area contributed by atoms with Crippen molar-refractivity contribution in [2.45, 2.75) is 30.3 Å². The van der Waals surface area contributed by atoms with E-state index in [1.165, 1.54) is 41.7 Å². The highest BCUT2D eigenvalue weighted by atomic mass is 32.2. The third-order valence-electron chi connectivity index (χ3n) is 4.18. The zero-order valence-corrected chi connectivity index (χ0v) is 14.8. The highest BCUT2D eigenvalue weighted by molar-refractivity contribution is 7.89. The Morgan fingerprint density at radius 1 is 1.27 bits per heavy atom.